The molecule has 1 aromatic rings. The number of unbranched alkanes of at least 4 members (excludes halogenated alkanes) is 1. The van der Waals surface area contributed by atoms with Gasteiger partial charge in [0.15, 0.2) is 0 Å². The SMILES string of the molecule is CCCCOC(=O)N1CCC(Cc2ccc(F)cc2)CC1. The number of halogens is 1. The molecular weight excluding hydrogens is 269 g/mol. The molecule has 0 spiro atoms. The Morgan fingerprint density at radius 1 is 1.29 bits per heavy atom. The van der Waals surface area contributed by atoms with Crippen LogP contribution in [0.15, 0.2) is 24.3 Å². The molecular formula is C17H24FNO2. The number of ether oxygens (including phenoxy) is 1. The van der Waals surface area contributed by atoms with Crippen molar-refractivity contribution in [2.24, 2.45) is 5.92 Å². The van der Waals surface area contributed by atoms with E-state index in [0.29, 0.717) is 12.5 Å². The summed E-state index contributed by atoms with van der Waals surface area (Å²) < 4.78 is 18.1. The second kappa shape index (κ2) is 8.01. The van der Waals surface area contributed by atoms with E-state index >= 15 is 0 Å². The van der Waals surface area contributed by atoms with Crippen LogP contribution in [0.3, 0.4) is 0 Å². The van der Waals surface area contributed by atoms with E-state index in [-0.39, 0.29) is 11.9 Å². The van der Waals surface area contributed by atoms with E-state index in [0.717, 1.165) is 45.2 Å². The van der Waals surface area contributed by atoms with Gasteiger partial charge in [-0.25, -0.2) is 9.18 Å². The first-order chi connectivity index (χ1) is 10.2. The molecule has 0 unspecified atom stereocenters. The first kappa shape index (κ1) is 15.8. The summed E-state index contributed by atoms with van der Waals surface area (Å²) >= 11 is 0. The van der Waals surface area contributed by atoms with Crippen molar-refractivity contribution in [2.75, 3.05) is 19.7 Å². The monoisotopic (exact) mass is 293 g/mol. The topological polar surface area (TPSA) is 29.5 Å². The fourth-order valence-electron chi connectivity index (χ4n) is 2.67. The van der Waals surface area contributed by atoms with Crippen molar-refractivity contribution in [3.63, 3.8) is 0 Å². The molecule has 1 aromatic carbocycles. The zero-order valence-corrected chi connectivity index (χ0v) is 12.7. The molecule has 1 aliphatic rings. The average Bonchev–Trinajstić information content (AvgIpc) is 2.50. The molecule has 1 amide bonds. The molecule has 4 heteroatoms. The van der Waals surface area contributed by atoms with Gasteiger partial charge in [0, 0.05) is 13.1 Å². The van der Waals surface area contributed by atoms with Gasteiger partial charge in [0.1, 0.15) is 5.82 Å². The van der Waals surface area contributed by atoms with E-state index in [1.165, 1.54) is 17.7 Å². The van der Waals surface area contributed by atoms with Crippen molar-refractivity contribution < 1.29 is 13.9 Å². The molecule has 0 atom stereocenters. The number of amides is 1. The molecule has 0 radical (unpaired) electrons. The van der Waals surface area contributed by atoms with Gasteiger partial charge < -0.3 is 9.64 Å². The number of nitrogens with zero attached hydrogens (tertiary/aromatic N) is 1. The highest BCUT2D eigenvalue weighted by atomic mass is 19.1. The van der Waals surface area contributed by atoms with Crippen molar-refractivity contribution in [1.82, 2.24) is 4.90 Å². The lowest BCUT2D eigenvalue weighted by Crippen LogP contribution is -2.39. The van der Waals surface area contributed by atoms with Crippen molar-refractivity contribution in [2.45, 2.75) is 39.0 Å². The molecule has 1 aliphatic heterocycles. The van der Waals surface area contributed by atoms with Crippen LogP contribution in [0.2, 0.25) is 0 Å². The fraction of sp³-hybridized carbons (Fsp3) is 0.588. The third-order valence-corrected chi connectivity index (χ3v) is 4.03. The van der Waals surface area contributed by atoms with Crippen LogP contribution in [0.1, 0.15) is 38.2 Å². The number of benzene rings is 1. The maximum atomic E-state index is 12.9. The predicted molar refractivity (Wildman–Crippen MR) is 80.7 cm³/mol. The molecule has 0 saturated carbocycles. The van der Waals surface area contributed by atoms with Crippen molar-refractivity contribution >= 4 is 6.09 Å². The average molecular weight is 293 g/mol. The van der Waals surface area contributed by atoms with Gasteiger partial charge in [-0.2, -0.15) is 0 Å². The van der Waals surface area contributed by atoms with Crippen LogP contribution in [0.4, 0.5) is 9.18 Å². The Kier molecular flexibility index (Phi) is 6.03. The third kappa shape index (κ3) is 5.03. The summed E-state index contributed by atoms with van der Waals surface area (Å²) in [6, 6.07) is 6.71. The van der Waals surface area contributed by atoms with Gasteiger partial charge in [-0.3, -0.25) is 0 Å². The Morgan fingerprint density at radius 2 is 1.95 bits per heavy atom. The first-order valence-corrected chi connectivity index (χ1v) is 7.85. The Balaban J connectivity index is 1.72. The summed E-state index contributed by atoms with van der Waals surface area (Å²) in [6.45, 7) is 4.12. The normalized spacial score (nSPS) is 16.0. The van der Waals surface area contributed by atoms with Gasteiger partial charge in [-0.15, -0.1) is 0 Å². The Hall–Kier alpha value is -1.58. The summed E-state index contributed by atoms with van der Waals surface area (Å²) in [4.78, 5) is 13.6. The Labute approximate surface area is 126 Å². The number of piperidine rings is 1. The van der Waals surface area contributed by atoms with E-state index in [2.05, 4.69) is 6.92 Å². The molecule has 0 N–H and O–H groups in total. The lowest BCUT2D eigenvalue weighted by Gasteiger charge is -2.31. The van der Waals surface area contributed by atoms with E-state index in [9.17, 15) is 9.18 Å². The molecule has 1 heterocycles. The zero-order chi connectivity index (χ0) is 15.1. The maximum absolute atomic E-state index is 12.9. The van der Waals surface area contributed by atoms with Gasteiger partial charge in [0.2, 0.25) is 0 Å². The van der Waals surface area contributed by atoms with Crippen LogP contribution in [0, 0.1) is 11.7 Å². The third-order valence-electron chi connectivity index (χ3n) is 4.03. The van der Waals surface area contributed by atoms with E-state index in [4.69, 9.17) is 4.74 Å². The standard InChI is InChI=1S/C17H24FNO2/c1-2-3-12-21-17(20)19-10-8-15(9-11-19)13-14-4-6-16(18)7-5-14/h4-7,15H,2-3,8-13H2,1H3. The van der Waals surface area contributed by atoms with Crippen LogP contribution in [-0.4, -0.2) is 30.7 Å². The highest BCUT2D eigenvalue weighted by molar-refractivity contribution is 5.67. The first-order valence-electron chi connectivity index (χ1n) is 7.85. The molecule has 0 bridgehead atoms. The number of hydrogen-bond acceptors (Lipinski definition) is 2. The van der Waals surface area contributed by atoms with Gasteiger partial charge in [0.05, 0.1) is 6.61 Å². The highest BCUT2D eigenvalue weighted by Gasteiger charge is 2.23. The second-order valence-electron chi connectivity index (χ2n) is 5.73. The van der Waals surface area contributed by atoms with Gasteiger partial charge in [-0.1, -0.05) is 25.5 Å². The van der Waals surface area contributed by atoms with Gasteiger partial charge in [0.25, 0.3) is 0 Å². The van der Waals surface area contributed by atoms with Gasteiger partial charge >= 0.3 is 6.09 Å². The molecule has 21 heavy (non-hydrogen) atoms. The smallest absolute Gasteiger partial charge is 0.409 e. The summed E-state index contributed by atoms with van der Waals surface area (Å²) in [7, 11) is 0. The minimum Gasteiger partial charge on any atom is -0.449 e. The van der Waals surface area contributed by atoms with E-state index < -0.39 is 0 Å². The second-order valence-corrected chi connectivity index (χ2v) is 5.73. The van der Waals surface area contributed by atoms with E-state index in [1.807, 2.05) is 12.1 Å². The minimum absolute atomic E-state index is 0.177. The van der Waals surface area contributed by atoms with Crippen LogP contribution in [0.5, 0.6) is 0 Å². The minimum atomic E-state index is -0.191. The zero-order valence-electron chi connectivity index (χ0n) is 12.7. The molecule has 0 aliphatic carbocycles. The summed E-state index contributed by atoms with van der Waals surface area (Å²) in [5.74, 6) is 0.374. The van der Waals surface area contributed by atoms with Crippen LogP contribution in [0.25, 0.3) is 0 Å². The summed E-state index contributed by atoms with van der Waals surface area (Å²) in [5.41, 5.74) is 1.17. The van der Waals surface area contributed by atoms with E-state index in [1.54, 1.807) is 4.90 Å². The molecule has 1 saturated heterocycles. The predicted octanol–water partition coefficient (Wildman–Crippen LogP) is 4.02. The quantitative estimate of drug-likeness (QED) is 0.767. The summed E-state index contributed by atoms with van der Waals surface area (Å²) in [6.07, 6.45) is 4.71. The number of likely N-dealkylation sites (tertiary alicyclic amines) is 1. The van der Waals surface area contributed by atoms with Crippen LogP contribution in [-0.2, 0) is 11.2 Å². The fourth-order valence-corrected chi connectivity index (χ4v) is 2.67. The number of carbonyl (C=O) groups is 1. The lowest BCUT2D eigenvalue weighted by molar-refractivity contribution is 0.0867. The molecule has 0 aromatic heterocycles. The van der Waals surface area contributed by atoms with Crippen molar-refractivity contribution in [3.8, 4) is 0 Å². The maximum Gasteiger partial charge on any atom is 0.409 e. The summed E-state index contributed by atoms with van der Waals surface area (Å²) in [5, 5.41) is 0. The molecule has 2 rings (SSSR count). The lowest BCUT2D eigenvalue weighted by atomic mass is 9.90. The Bertz CT molecular complexity index is 439. The number of hydrogen-bond donors (Lipinski definition) is 0. The molecule has 3 nitrogen and oxygen atoms in total. The highest BCUT2D eigenvalue weighted by Crippen LogP contribution is 2.22. The van der Waals surface area contributed by atoms with Crippen molar-refractivity contribution in [1.29, 1.82) is 0 Å². The largest absolute Gasteiger partial charge is 0.449 e. The Morgan fingerprint density at radius 3 is 2.57 bits per heavy atom. The van der Waals surface area contributed by atoms with Crippen molar-refractivity contribution in [3.05, 3.63) is 35.6 Å². The number of rotatable bonds is 5. The molecule has 116 valence electrons. The molecule has 1 fully saturated rings. The van der Waals surface area contributed by atoms with Crippen LogP contribution >= 0.6 is 0 Å². The number of carbonyl (C=O) groups excluding carboxylic acids is 1. The van der Waals surface area contributed by atoms with Gasteiger partial charge in [-0.05, 0) is 49.3 Å². The van der Waals surface area contributed by atoms with Crippen LogP contribution < -0.4 is 0 Å².